The highest BCUT2D eigenvalue weighted by molar-refractivity contribution is 5.83. The molecule has 0 saturated carbocycles. The van der Waals surface area contributed by atoms with Crippen molar-refractivity contribution in [3.05, 3.63) is 34.9 Å². The number of carbonyl (C=O) groups excluding carboxylic acids is 1. The fourth-order valence-corrected chi connectivity index (χ4v) is 2.58. The average molecular weight is 331 g/mol. The lowest BCUT2D eigenvalue weighted by molar-refractivity contribution is -0.104. The number of ether oxygens (including phenoxy) is 1. The lowest BCUT2D eigenvalue weighted by Crippen LogP contribution is -2.19. The van der Waals surface area contributed by atoms with Gasteiger partial charge >= 0.3 is 0 Å². The second-order valence-corrected chi connectivity index (χ2v) is 8.59. The van der Waals surface area contributed by atoms with Gasteiger partial charge in [-0.3, -0.25) is 4.79 Å². The molecule has 0 atom stereocenters. The highest BCUT2D eigenvalue weighted by atomic mass is 16.5. The van der Waals surface area contributed by atoms with Gasteiger partial charge in [0.2, 0.25) is 0 Å². The van der Waals surface area contributed by atoms with Crippen LogP contribution in [-0.4, -0.2) is 12.9 Å². The van der Waals surface area contributed by atoms with Crippen molar-refractivity contribution < 1.29 is 9.53 Å². The Bertz CT molecular complexity index is 596. The van der Waals surface area contributed by atoms with Gasteiger partial charge in [-0.1, -0.05) is 61.0 Å². The third-order valence-electron chi connectivity index (χ3n) is 4.25. The number of allylic oxidation sites excluding steroid dienone is 2. The van der Waals surface area contributed by atoms with Crippen LogP contribution in [0.5, 0.6) is 5.75 Å². The fraction of sp³-hybridized carbons (Fsp3) is 0.591. The molecule has 0 amide bonds. The van der Waals surface area contributed by atoms with Crippen molar-refractivity contribution in [1.82, 2.24) is 0 Å². The van der Waals surface area contributed by atoms with E-state index < -0.39 is 0 Å². The molecule has 0 spiro atoms. The third-order valence-corrected chi connectivity index (χ3v) is 4.25. The zero-order valence-corrected chi connectivity index (χ0v) is 16.7. The van der Waals surface area contributed by atoms with Crippen LogP contribution in [0, 0.1) is 0 Å². The summed E-state index contributed by atoms with van der Waals surface area (Å²) in [5, 5.41) is 0. The average Bonchev–Trinajstić information content (AvgIpc) is 2.45. The van der Waals surface area contributed by atoms with E-state index in [0.29, 0.717) is 6.61 Å². The molecule has 0 aliphatic heterocycles. The molecule has 0 N–H and O–H groups in total. The Morgan fingerprint density at radius 1 is 1.08 bits per heavy atom. The molecule has 0 radical (unpaired) electrons. The van der Waals surface area contributed by atoms with Crippen LogP contribution < -0.4 is 4.74 Å². The molecule has 0 aromatic heterocycles. The Balaban J connectivity index is 3.65. The zero-order valence-electron chi connectivity index (χ0n) is 16.7. The number of hydrogen-bond acceptors (Lipinski definition) is 2. The van der Waals surface area contributed by atoms with E-state index in [4.69, 9.17) is 4.74 Å². The molecular formula is C22H34O2. The highest BCUT2D eigenvalue weighted by Crippen LogP contribution is 2.41. The van der Waals surface area contributed by atoms with Crippen molar-refractivity contribution in [2.45, 2.75) is 79.1 Å². The predicted molar refractivity (Wildman–Crippen MR) is 104 cm³/mol. The lowest BCUT2D eigenvalue weighted by Gasteiger charge is -2.29. The monoisotopic (exact) mass is 330 g/mol. The van der Waals surface area contributed by atoms with Gasteiger partial charge in [-0.2, -0.15) is 0 Å². The van der Waals surface area contributed by atoms with Gasteiger partial charge in [0.15, 0.2) is 0 Å². The first kappa shape index (κ1) is 20.5. The molecular weight excluding hydrogens is 296 g/mol. The molecule has 1 aromatic carbocycles. The molecule has 0 aliphatic rings. The van der Waals surface area contributed by atoms with Gasteiger partial charge in [0.1, 0.15) is 12.0 Å². The molecule has 0 saturated heterocycles. The summed E-state index contributed by atoms with van der Waals surface area (Å²) >= 11 is 0. The van der Waals surface area contributed by atoms with E-state index in [1.807, 2.05) is 6.92 Å². The van der Waals surface area contributed by atoms with Crippen LogP contribution in [0.3, 0.4) is 0 Å². The summed E-state index contributed by atoms with van der Waals surface area (Å²) in [6.45, 7) is 18.1. The number of benzene rings is 1. The number of hydrogen-bond donors (Lipinski definition) is 0. The van der Waals surface area contributed by atoms with Crippen LogP contribution in [0.15, 0.2) is 18.2 Å². The molecule has 24 heavy (non-hydrogen) atoms. The van der Waals surface area contributed by atoms with Crippen molar-refractivity contribution in [3.63, 3.8) is 0 Å². The van der Waals surface area contributed by atoms with E-state index in [1.165, 1.54) is 11.1 Å². The van der Waals surface area contributed by atoms with E-state index in [-0.39, 0.29) is 10.8 Å². The minimum Gasteiger partial charge on any atom is -0.493 e. The van der Waals surface area contributed by atoms with Gasteiger partial charge < -0.3 is 4.74 Å². The predicted octanol–water partition coefficient (Wildman–Crippen LogP) is 6.06. The van der Waals surface area contributed by atoms with Crippen LogP contribution in [-0.2, 0) is 15.6 Å². The molecule has 1 aromatic rings. The summed E-state index contributed by atoms with van der Waals surface area (Å²) in [6.07, 6.45) is 4.61. The zero-order chi connectivity index (χ0) is 18.5. The molecule has 134 valence electrons. The normalized spacial score (nSPS) is 13.1. The van der Waals surface area contributed by atoms with E-state index in [1.54, 1.807) is 6.08 Å². The first-order valence-electron chi connectivity index (χ1n) is 8.96. The van der Waals surface area contributed by atoms with Crippen molar-refractivity contribution in [2.24, 2.45) is 0 Å². The second-order valence-electron chi connectivity index (χ2n) is 8.59. The smallest absolute Gasteiger partial charge is 0.143 e. The largest absolute Gasteiger partial charge is 0.493 e. The Hall–Kier alpha value is -1.57. The summed E-state index contributed by atoms with van der Waals surface area (Å²) in [5.41, 5.74) is 4.48. The number of carbonyl (C=O) groups is 1. The number of rotatable bonds is 6. The molecule has 0 bridgehead atoms. The quantitative estimate of drug-likeness (QED) is 0.360. The standard InChI is InChI=1S/C22H34O2/c1-9-10-13-24-20-18(16(2)11-12-23)14-17(21(3,4)5)15-19(20)22(6,7)8/h11-12,14-15H,9-10,13H2,1-8H3/b16-11-. The van der Waals surface area contributed by atoms with E-state index >= 15 is 0 Å². The van der Waals surface area contributed by atoms with Crippen LogP contribution in [0.4, 0.5) is 0 Å². The first-order valence-corrected chi connectivity index (χ1v) is 8.96. The van der Waals surface area contributed by atoms with E-state index in [2.05, 4.69) is 60.6 Å². The Kier molecular flexibility index (Phi) is 6.83. The van der Waals surface area contributed by atoms with Crippen molar-refractivity contribution >= 4 is 11.9 Å². The third kappa shape index (κ3) is 5.22. The lowest BCUT2D eigenvalue weighted by atomic mass is 9.78. The van der Waals surface area contributed by atoms with Crippen LogP contribution >= 0.6 is 0 Å². The van der Waals surface area contributed by atoms with Crippen LogP contribution in [0.2, 0.25) is 0 Å². The fourth-order valence-electron chi connectivity index (χ4n) is 2.58. The summed E-state index contributed by atoms with van der Waals surface area (Å²) in [6, 6.07) is 4.46. The minimum atomic E-state index is -0.0288. The van der Waals surface area contributed by atoms with Crippen LogP contribution in [0.1, 0.15) is 84.9 Å². The first-order chi connectivity index (χ1) is 11.0. The number of aldehydes is 1. The van der Waals surface area contributed by atoms with Gasteiger partial charge in [-0.25, -0.2) is 0 Å². The van der Waals surface area contributed by atoms with E-state index in [0.717, 1.165) is 36.0 Å². The minimum absolute atomic E-state index is 0.0288. The topological polar surface area (TPSA) is 26.3 Å². The highest BCUT2D eigenvalue weighted by Gasteiger charge is 2.26. The maximum Gasteiger partial charge on any atom is 0.143 e. The molecule has 0 unspecified atom stereocenters. The van der Waals surface area contributed by atoms with Crippen molar-refractivity contribution in [1.29, 1.82) is 0 Å². The summed E-state index contributed by atoms with van der Waals surface area (Å²) in [7, 11) is 0. The molecule has 2 heteroatoms. The molecule has 2 nitrogen and oxygen atoms in total. The summed E-state index contributed by atoms with van der Waals surface area (Å²) < 4.78 is 6.21. The van der Waals surface area contributed by atoms with Crippen molar-refractivity contribution in [2.75, 3.05) is 6.61 Å². The van der Waals surface area contributed by atoms with Gasteiger partial charge in [0.05, 0.1) is 6.61 Å². The van der Waals surface area contributed by atoms with Crippen LogP contribution in [0.25, 0.3) is 5.57 Å². The Morgan fingerprint density at radius 2 is 1.71 bits per heavy atom. The van der Waals surface area contributed by atoms with Gasteiger partial charge in [-0.05, 0) is 47.5 Å². The summed E-state index contributed by atoms with van der Waals surface area (Å²) in [5.74, 6) is 0.930. The Morgan fingerprint density at radius 3 is 2.17 bits per heavy atom. The van der Waals surface area contributed by atoms with Gasteiger partial charge in [0.25, 0.3) is 0 Å². The molecule has 0 fully saturated rings. The maximum absolute atomic E-state index is 11.0. The number of unbranched alkanes of at least 4 members (excludes halogenated alkanes) is 1. The van der Waals surface area contributed by atoms with Gasteiger partial charge in [0, 0.05) is 11.1 Å². The molecule has 0 heterocycles. The van der Waals surface area contributed by atoms with E-state index in [9.17, 15) is 4.79 Å². The summed E-state index contributed by atoms with van der Waals surface area (Å²) in [4.78, 5) is 11.0. The Labute approximate surface area is 148 Å². The second kappa shape index (κ2) is 8.00. The molecule has 1 rings (SSSR count). The molecule has 0 aliphatic carbocycles. The maximum atomic E-state index is 11.0. The van der Waals surface area contributed by atoms with Crippen molar-refractivity contribution in [3.8, 4) is 5.75 Å². The van der Waals surface area contributed by atoms with Gasteiger partial charge in [-0.15, -0.1) is 0 Å². The SMILES string of the molecule is CCCCOc1c(/C(C)=C\C=O)cc(C(C)(C)C)cc1C(C)(C)C.